The van der Waals surface area contributed by atoms with Crippen LogP contribution in [0.15, 0.2) is 0 Å². The highest BCUT2D eigenvalue weighted by molar-refractivity contribution is 4.98. The molecule has 0 nitrogen and oxygen atoms in total. The molecule has 0 aromatic carbocycles. The minimum atomic E-state index is 0.453. The van der Waals surface area contributed by atoms with Crippen LogP contribution in [0.2, 0.25) is 0 Å². The van der Waals surface area contributed by atoms with Gasteiger partial charge in [0.1, 0.15) is 0 Å². The first-order valence-electron chi connectivity index (χ1n) is 8.41. The van der Waals surface area contributed by atoms with Crippen LogP contribution in [-0.4, -0.2) is 0 Å². The third kappa shape index (κ3) is 3.99. The molecule has 1 aliphatic carbocycles. The summed E-state index contributed by atoms with van der Waals surface area (Å²) in [5.41, 5.74) is 1.49. The second-order valence-corrected chi connectivity index (χ2v) is 9.72. The van der Waals surface area contributed by atoms with Crippen molar-refractivity contribution in [2.45, 2.75) is 88.0 Å². The zero-order chi connectivity index (χ0) is 15.1. The molecule has 0 spiro atoms. The molecule has 0 saturated heterocycles. The second kappa shape index (κ2) is 5.41. The molecule has 0 heterocycles. The summed E-state index contributed by atoms with van der Waals surface area (Å²) < 4.78 is 0. The van der Waals surface area contributed by atoms with Crippen molar-refractivity contribution < 1.29 is 0 Å². The third-order valence-corrected chi connectivity index (χ3v) is 5.76. The zero-order valence-electron chi connectivity index (χ0n) is 15.1. The molecule has 3 unspecified atom stereocenters. The van der Waals surface area contributed by atoms with Crippen molar-refractivity contribution in [3.8, 4) is 0 Å². The van der Waals surface area contributed by atoms with Crippen molar-refractivity contribution in [1.29, 1.82) is 0 Å². The molecule has 0 heteroatoms. The Labute approximate surface area is 122 Å². The van der Waals surface area contributed by atoms with Crippen LogP contribution in [-0.2, 0) is 0 Å². The molecule has 1 rings (SSSR count). The summed E-state index contributed by atoms with van der Waals surface area (Å²) in [6.45, 7) is 22.1. The van der Waals surface area contributed by atoms with Crippen molar-refractivity contribution in [3.63, 3.8) is 0 Å². The van der Waals surface area contributed by atoms with Gasteiger partial charge in [0.25, 0.3) is 0 Å². The minimum absolute atomic E-state index is 0.453. The van der Waals surface area contributed by atoms with E-state index in [0.717, 1.165) is 17.8 Å². The van der Waals surface area contributed by atoms with Crippen LogP contribution in [0.1, 0.15) is 88.0 Å². The van der Waals surface area contributed by atoms with E-state index in [1.807, 2.05) is 0 Å². The highest BCUT2D eigenvalue weighted by atomic mass is 14.5. The fourth-order valence-electron chi connectivity index (χ4n) is 5.20. The summed E-state index contributed by atoms with van der Waals surface area (Å²) in [4.78, 5) is 0. The molecule has 0 amide bonds. The summed E-state index contributed by atoms with van der Waals surface area (Å²) in [6.07, 6.45) is 5.57. The van der Waals surface area contributed by atoms with E-state index >= 15 is 0 Å². The molecular weight excluding hydrogens is 228 g/mol. The highest BCUT2D eigenvalue weighted by Gasteiger charge is 2.48. The van der Waals surface area contributed by atoms with Gasteiger partial charge in [0, 0.05) is 0 Å². The molecule has 1 fully saturated rings. The fraction of sp³-hybridized carbons (Fsp3) is 1.00. The lowest BCUT2D eigenvalue weighted by molar-refractivity contribution is -0.0415. The van der Waals surface area contributed by atoms with Crippen LogP contribution in [0.25, 0.3) is 0 Å². The largest absolute Gasteiger partial charge is 0.0651 e. The van der Waals surface area contributed by atoms with Gasteiger partial charge in [-0.25, -0.2) is 0 Å². The molecule has 0 N–H and O–H groups in total. The topological polar surface area (TPSA) is 0 Å². The van der Waals surface area contributed by atoms with Crippen LogP contribution in [0.4, 0.5) is 0 Å². The summed E-state index contributed by atoms with van der Waals surface area (Å²) >= 11 is 0. The van der Waals surface area contributed by atoms with Gasteiger partial charge in [0.15, 0.2) is 0 Å². The highest BCUT2D eigenvalue weighted by Crippen LogP contribution is 2.57. The van der Waals surface area contributed by atoms with Crippen molar-refractivity contribution >= 4 is 0 Å². The van der Waals surface area contributed by atoms with Crippen molar-refractivity contribution in [2.24, 2.45) is 34.0 Å². The molecule has 3 atom stereocenters. The van der Waals surface area contributed by atoms with Crippen LogP contribution in [0.3, 0.4) is 0 Å². The van der Waals surface area contributed by atoms with E-state index in [2.05, 4.69) is 62.3 Å². The van der Waals surface area contributed by atoms with E-state index < -0.39 is 0 Å². The Kier molecular flexibility index (Phi) is 4.86. The minimum Gasteiger partial charge on any atom is -0.0651 e. The molecule has 0 radical (unpaired) electrons. The van der Waals surface area contributed by atoms with Crippen LogP contribution in [0, 0.1) is 34.0 Å². The Morgan fingerprint density at radius 2 is 1.58 bits per heavy atom. The van der Waals surface area contributed by atoms with Gasteiger partial charge in [0.2, 0.25) is 0 Å². The standard InChI is InChI=1S/C19H38/c1-10-16(14(2)3)19(9)12-15(17(4,5)6)11-18(7,8)13-19/h14-16H,10-13H2,1-9H3. The van der Waals surface area contributed by atoms with Crippen molar-refractivity contribution in [2.75, 3.05) is 0 Å². The molecule has 19 heavy (non-hydrogen) atoms. The summed E-state index contributed by atoms with van der Waals surface area (Å²) in [5.74, 6) is 2.55. The third-order valence-electron chi connectivity index (χ3n) is 5.76. The Balaban J connectivity index is 3.06. The van der Waals surface area contributed by atoms with Crippen LogP contribution in [0.5, 0.6) is 0 Å². The lowest BCUT2D eigenvalue weighted by Gasteiger charge is -2.54. The number of hydrogen-bond acceptors (Lipinski definition) is 0. The average molecular weight is 267 g/mol. The Morgan fingerprint density at radius 3 is 1.95 bits per heavy atom. The summed E-state index contributed by atoms with van der Waals surface area (Å²) in [5, 5.41) is 0. The van der Waals surface area contributed by atoms with Gasteiger partial charge in [0.05, 0.1) is 0 Å². The maximum Gasteiger partial charge on any atom is -0.0287 e. The first-order chi connectivity index (χ1) is 8.41. The lowest BCUT2D eigenvalue weighted by atomic mass is 9.51. The molecule has 1 aliphatic rings. The molecular formula is C19H38. The first-order valence-corrected chi connectivity index (χ1v) is 8.41. The van der Waals surface area contributed by atoms with Crippen LogP contribution < -0.4 is 0 Å². The van der Waals surface area contributed by atoms with E-state index in [0.29, 0.717) is 16.2 Å². The smallest absolute Gasteiger partial charge is 0.0287 e. The monoisotopic (exact) mass is 266 g/mol. The van der Waals surface area contributed by atoms with Crippen molar-refractivity contribution in [1.82, 2.24) is 0 Å². The molecule has 0 bridgehead atoms. The number of rotatable bonds is 3. The number of hydrogen-bond donors (Lipinski definition) is 0. The Hall–Kier alpha value is 0. The average Bonchev–Trinajstić information content (AvgIpc) is 2.12. The second-order valence-electron chi connectivity index (χ2n) is 9.72. The zero-order valence-corrected chi connectivity index (χ0v) is 15.1. The maximum absolute atomic E-state index is 2.58. The van der Waals surface area contributed by atoms with Gasteiger partial charge >= 0.3 is 0 Å². The van der Waals surface area contributed by atoms with Gasteiger partial charge in [-0.05, 0) is 53.3 Å². The molecule has 114 valence electrons. The molecule has 0 aromatic rings. The first kappa shape index (κ1) is 17.1. The molecule has 0 aliphatic heterocycles. The van der Waals surface area contributed by atoms with E-state index in [4.69, 9.17) is 0 Å². The fourth-order valence-corrected chi connectivity index (χ4v) is 5.20. The molecule has 1 saturated carbocycles. The Bertz CT molecular complexity index is 292. The van der Waals surface area contributed by atoms with Gasteiger partial charge in [-0.1, -0.05) is 68.7 Å². The van der Waals surface area contributed by atoms with Gasteiger partial charge in [-0.15, -0.1) is 0 Å². The van der Waals surface area contributed by atoms with E-state index in [9.17, 15) is 0 Å². The van der Waals surface area contributed by atoms with Gasteiger partial charge in [-0.3, -0.25) is 0 Å². The van der Waals surface area contributed by atoms with E-state index in [1.165, 1.54) is 25.7 Å². The Morgan fingerprint density at radius 1 is 1.05 bits per heavy atom. The molecule has 0 aromatic heterocycles. The normalized spacial score (nSPS) is 33.5. The SMILES string of the molecule is CCC(C(C)C)C1(C)CC(C(C)(C)C)CC(C)(C)C1. The quantitative estimate of drug-likeness (QED) is 0.543. The maximum atomic E-state index is 2.58. The van der Waals surface area contributed by atoms with Crippen molar-refractivity contribution in [3.05, 3.63) is 0 Å². The summed E-state index contributed by atoms with van der Waals surface area (Å²) in [7, 11) is 0. The van der Waals surface area contributed by atoms with E-state index in [1.54, 1.807) is 0 Å². The predicted octanol–water partition coefficient (Wildman–Crippen LogP) is 6.55. The van der Waals surface area contributed by atoms with E-state index in [-0.39, 0.29) is 0 Å². The predicted molar refractivity (Wildman–Crippen MR) is 87.3 cm³/mol. The van der Waals surface area contributed by atoms with Crippen LogP contribution >= 0.6 is 0 Å². The van der Waals surface area contributed by atoms with Gasteiger partial charge in [-0.2, -0.15) is 0 Å². The van der Waals surface area contributed by atoms with Gasteiger partial charge < -0.3 is 0 Å². The lowest BCUT2D eigenvalue weighted by Crippen LogP contribution is -2.45. The summed E-state index contributed by atoms with van der Waals surface area (Å²) in [6, 6.07) is 0.